The van der Waals surface area contributed by atoms with Crippen LogP contribution in [0.2, 0.25) is 0 Å². The quantitative estimate of drug-likeness (QED) is 0.585. The van der Waals surface area contributed by atoms with Crippen LogP contribution in [-0.2, 0) is 6.54 Å². The van der Waals surface area contributed by atoms with E-state index in [0.29, 0.717) is 17.7 Å². The standard InChI is InChI=1S/C16H14N2O3/c1-10-2-7-14-13(8-10)15(16(21-14)18(19)20)12-5-3-11(9-17)4-6-12/h2-8H,9,17H2,1H3. The van der Waals surface area contributed by atoms with Gasteiger partial charge >= 0.3 is 5.88 Å². The van der Waals surface area contributed by atoms with Crippen LogP contribution in [0.5, 0.6) is 0 Å². The highest BCUT2D eigenvalue weighted by atomic mass is 16.6. The predicted octanol–water partition coefficient (Wildman–Crippen LogP) is 3.78. The predicted molar refractivity (Wildman–Crippen MR) is 80.9 cm³/mol. The van der Waals surface area contributed by atoms with E-state index in [1.165, 1.54) is 0 Å². The Labute approximate surface area is 121 Å². The van der Waals surface area contributed by atoms with Crippen molar-refractivity contribution in [2.24, 2.45) is 5.73 Å². The van der Waals surface area contributed by atoms with Crippen LogP contribution in [0.1, 0.15) is 11.1 Å². The second-order valence-corrected chi connectivity index (χ2v) is 4.94. The average Bonchev–Trinajstić information content (AvgIpc) is 2.86. The monoisotopic (exact) mass is 282 g/mol. The Hall–Kier alpha value is -2.66. The topological polar surface area (TPSA) is 82.3 Å². The molecule has 0 fully saturated rings. The molecule has 5 heteroatoms. The van der Waals surface area contributed by atoms with Crippen molar-refractivity contribution in [3.63, 3.8) is 0 Å². The van der Waals surface area contributed by atoms with E-state index in [1.807, 2.05) is 43.3 Å². The molecular formula is C16H14N2O3. The average molecular weight is 282 g/mol. The Morgan fingerprint density at radius 2 is 1.90 bits per heavy atom. The first-order chi connectivity index (χ1) is 10.1. The second kappa shape index (κ2) is 5.03. The molecular weight excluding hydrogens is 268 g/mol. The number of hydrogen-bond acceptors (Lipinski definition) is 4. The van der Waals surface area contributed by atoms with Crippen LogP contribution in [0.4, 0.5) is 5.88 Å². The second-order valence-electron chi connectivity index (χ2n) is 4.94. The van der Waals surface area contributed by atoms with Crippen LogP contribution >= 0.6 is 0 Å². The van der Waals surface area contributed by atoms with E-state index in [9.17, 15) is 10.1 Å². The van der Waals surface area contributed by atoms with Gasteiger partial charge in [0.05, 0.1) is 0 Å². The molecule has 106 valence electrons. The van der Waals surface area contributed by atoms with Gasteiger partial charge in [0.1, 0.15) is 16.1 Å². The number of rotatable bonds is 3. The summed E-state index contributed by atoms with van der Waals surface area (Å²) in [6, 6.07) is 12.9. The Morgan fingerprint density at radius 1 is 1.19 bits per heavy atom. The summed E-state index contributed by atoms with van der Waals surface area (Å²) in [5.74, 6) is -0.226. The molecule has 0 bridgehead atoms. The third-order valence-corrected chi connectivity index (χ3v) is 3.47. The van der Waals surface area contributed by atoms with Crippen molar-refractivity contribution in [1.29, 1.82) is 0 Å². The van der Waals surface area contributed by atoms with E-state index in [-0.39, 0.29) is 5.88 Å². The fourth-order valence-electron chi connectivity index (χ4n) is 2.41. The van der Waals surface area contributed by atoms with Gasteiger partial charge < -0.3 is 10.2 Å². The molecule has 21 heavy (non-hydrogen) atoms. The molecule has 3 aromatic rings. The molecule has 0 aliphatic heterocycles. The molecule has 0 amide bonds. The van der Waals surface area contributed by atoms with Gasteiger partial charge in [0.2, 0.25) is 0 Å². The lowest BCUT2D eigenvalue weighted by molar-refractivity contribution is -0.400. The van der Waals surface area contributed by atoms with E-state index >= 15 is 0 Å². The minimum atomic E-state index is -0.485. The van der Waals surface area contributed by atoms with Gasteiger partial charge in [-0.3, -0.25) is 10.1 Å². The molecule has 0 atom stereocenters. The molecule has 0 saturated carbocycles. The van der Waals surface area contributed by atoms with Crippen molar-refractivity contribution in [1.82, 2.24) is 0 Å². The summed E-state index contributed by atoms with van der Waals surface area (Å²) >= 11 is 0. The van der Waals surface area contributed by atoms with Crippen LogP contribution in [-0.4, -0.2) is 4.92 Å². The van der Waals surface area contributed by atoms with Gasteiger partial charge in [0.25, 0.3) is 0 Å². The van der Waals surface area contributed by atoms with Gasteiger partial charge in [-0.1, -0.05) is 35.9 Å². The molecule has 0 unspecified atom stereocenters. The van der Waals surface area contributed by atoms with Crippen LogP contribution in [0.15, 0.2) is 46.9 Å². The lowest BCUT2D eigenvalue weighted by atomic mass is 10.0. The van der Waals surface area contributed by atoms with E-state index < -0.39 is 4.92 Å². The fourth-order valence-corrected chi connectivity index (χ4v) is 2.41. The van der Waals surface area contributed by atoms with Crippen molar-refractivity contribution >= 4 is 16.9 Å². The smallest absolute Gasteiger partial charge is 0.400 e. The Balaban J connectivity index is 2.29. The molecule has 2 N–H and O–H groups in total. The summed E-state index contributed by atoms with van der Waals surface area (Å²) in [4.78, 5) is 10.8. The first kappa shape index (κ1) is 13.3. The zero-order valence-electron chi connectivity index (χ0n) is 11.5. The Morgan fingerprint density at radius 3 is 2.52 bits per heavy atom. The van der Waals surface area contributed by atoms with Gasteiger partial charge in [-0.05, 0) is 30.2 Å². The molecule has 3 rings (SSSR count). The number of nitrogens with zero attached hydrogens (tertiary/aromatic N) is 1. The maximum atomic E-state index is 11.3. The summed E-state index contributed by atoms with van der Waals surface area (Å²) in [6.45, 7) is 2.38. The number of furan rings is 1. The summed E-state index contributed by atoms with van der Waals surface area (Å²) in [7, 11) is 0. The van der Waals surface area contributed by atoms with E-state index in [0.717, 1.165) is 22.1 Å². The van der Waals surface area contributed by atoms with Crippen molar-refractivity contribution in [3.05, 3.63) is 63.7 Å². The highest BCUT2D eigenvalue weighted by Crippen LogP contribution is 2.40. The van der Waals surface area contributed by atoms with Crippen LogP contribution in [0, 0.1) is 17.0 Å². The molecule has 0 saturated heterocycles. The Kier molecular flexibility index (Phi) is 3.19. The van der Waals surface area contributed by atoms with Crippen LogP contribution in [0.3, 0.4) is 0 Å². The minimum Gasteiger partial charge on any atom is -0.400 e. The van der Waals surface area contributed by atoms with E-state index in [4.69, 9.17) is 10.2 Å². The highest BCUT2D eigenvalue weighted by molar-refractivity contribution is 5.98. The van der Waals surface area contributed by atoms with Crippen molar-refractivity contribution in [2.45, 2.75) is 13.5 Å². The van der Waals surface area contributed by atoms with Gasteiger partial charge in [0, 0.05) is 11.9 Å². The van der Waals surface area contributed by atoms with Gasteiger partial charge in [0.15, 0.2) is 0 Å². The first-order valence-electron chi connectivity index (χ1n) is 6.57. The van der Waals surface area contributed by atoms with Crippen LogP contribution < -0.4 is 5.73 Å². The van der Waals surface area contributed by atoms with Crippen molar-refractivity contribution in [2.75, 3.05) is 0 Å². The molecule has 0 aliphatic carbocycles. The van der Waals surface area contributed by atoms with Crippen LogP contribution in [0.25, 0.3) is 22.1 Å². The first-order valence-corrected chi connectivity index (χ1v) is 6.57. The summed E-state index contributed by atoms with van der Waals surface area (Å²) < 4.78 is 5.40. The number of hydrogen-bond donors (Lipinski definition) is 1. The number of fused-ring (bicyclic) bond motifs is 1. The lowest BCUT2D eigenvalue weighted by Gasteiger charge is -2.01. The van der Waals surface area contributed by atoms with Gasteiger partial charge in [-0.15, -0.1) is 0 Å². The molecule has 2 aromatic carbocycles. The van der Waals surface area contributed by atoms with Crippen molar-refractivity contribution < 1.29 is 9.34 Å². The molecule has 5 nitrogen and oxygen atoms in total. The normalized spacial score (nSPS) is 11.0. The lowest BCUT2D eigenvalue weighted by Crippen LogP contribution is -1.95. The highest BCUT2D eigenvalue weighted by Gasteiger charge is 2.25. The summed E-state index contributed by atoms with van der Waals surface area (Å²) in [6.07, 6.45) is 0. The third kappa shape index (κ3) is 2.28. The molecule has 1 heterocycles. The molecule has 0 radical (unpaired) electrons. The zero-order valence-corrected chi connectivity index (χ0v) is 11.5. The molecule has 0 aliphatic rings. The number of benzene rings is 2. The SMILES string of the molecule is Cc1ccc2oc([N+](=O)[O-])c(-c3ccc(CN)cc3)c2c1. The number of nitro groups is 1. The summed E-state index contributed by atoms with van der Waals surface area (Å²) in [5, 5.41) is 12.0. The minimum absolute atomic E-state index is 0.226. The van der Waals surface area contributed by atoms with Gasteiger partial charge in [-0.2, -0.15) is 0 Å². The van der Waals surface area contributed by atoms with Crippen molar-refractivity contribution in [3.8, 4) is 11.1 Å². The maximum absolute atomic E-state index is 11.3. The number of aryl methyl sites for hydroxylation is 1. The number of nitrogens with two attached hydrogens (primary N) is 1. The van der Waals surface area contributed by atoms with E-state index in [1.54, 1.807) is 6.07 Å². The maximum Gasteiger partial charge on any atom is 0.442 e. The Bertz CT molecular complexity index is 819. The van der Waals surface area contributed by atoms with E-state index in [2.05, 4.69) is 0 Å². The largest absolute Gasteiger partial charge is 0.442 e. The molecule has 0 spiro atoms. The van der Waals surface area contributed by atoms with Gasteiger partial charge in [-0.25, -0.2) is 0 Å². The fraction of sp³-hybridized carbons (Fsp3) is 0.125. The third-order valence-electron chi connectivity index (χ3n) is 3.47. The zero-order chi connectivity index (χ0) is 15.0. The molecule has 1 aromatic heterocycles. The summed E-state index contributed by atoms with van der Waals surface area (Å²) in [5.41, 5.74) is 9.37.